The van der Waals surface area contributed by atoms with Gasteiger partial charge >= 0.3 is 0 Å². The van der Waals surface area contributed by atoms with Gasteiger partial charge in [-0.15, -0.1) is 0 Å². The minimum atomic E-state index is 0.594. The van der Waals surface area contributed by atoms with Crippen LogP contribution in [0, 0.1) is 5.92 Å². The van der Waals surface area contributed by atoms with Crippen molar-refractivity contribution in [3.05, 3.63) is 12.3 Å². The van der Waals surface area contributed by atoms with Gasteiger partial charge < -0.3 is 4.74 Å². The van der Waals surface area contributed by atoms with E-state index in [9.17, 15) is 0 Å². The third kappa shape index (κ3) is 7.78. The molecule has 0 heterocycles. The molecule has 0 saturated heterocycles. The molecular weight excluding hydrogens is 196 g/mol. The molecule has 1 atom stereocenters. The third-order valence-corrected chi connectivity index (χ3v) is 3.10. The van der Waals surface area contributed by atoms with Gasteiger partial charge in [0.2, 0.25) is 0 Å². The molecule has 0 rings (SSSR count). The van der Waals surface area contributed by atoms with Crippen molar-refractivity contribution in [3.8, 4) is 0 Å². The van der Waals surface area contributed by atoms with Crippen molar-refractivity contribution in [3.63, 3.8) is 0 Å². The molecule has 0 aromatic carbocycles. The van der Waals surface area contributed by atoms with E-state index in [4.69, 9.17) is 4.74 Å². The van der Waals surface area contributed by atoms with Gasteiger partial charge in [0.15, 0.2) is 0 Å². The molecule has 0 saturated carbocycles. The second kappa shape index (κ2) is 11.0. The van der Waals surface area contributed by atoms with E-state index < -0.39 is 0 Å². The molecule has 0 aromatic rings. The highest BCUT2D eigenvalue weighted by molar-refractivity contribution is 4.90. The minimum Gasteiger partial charge on any atom is -0.499 e. The molecule has 0 aliphatic carbocycles. The SMILES string of the molecule is C=C(OCC)C(CCCC)CCCCCC. The zero-order valence-corrected chi connectivity index (χ0v) is 11.6. The van der Waals surface area contributed by atoms with Crippen LogP contribution in [0.25, 0.3) is 0 Å². The standard InChI is InChI=1S/C15H30O/c1-5-8-10-11-13-15(12-9-6-2)14(4)16-7-3/h15H,4-13H2,1-3H3. The zero-order chi connectivity index (χ0) is 12.2. The Balaban J connectivity index is 3.84. The predicted octanol–water partition coefficient (Wildman–Crippen LogP) is 5.31. The van der Waals surface area contributed by atoms with Gasteiger partial charge in [-0.3, -0.25) is 0 Å². The number of ether oxygens (including phenoxy) is 1. The maximum absolute atomic E-state index is 5.56. The molecule has 0 aliphatic heterocycles. The first kappa shape index (κ1) is 15.5. The number of hydrogen-bond acceptors (Lipinski definition) is 1. The number of hydrogen-bond donors (Lipinski definition) is 0. The Morgan fingerprint density at radius 2 is 1.56 bits per heavy atom. The van der Waals surface area contributed by atoms with Crippen molar-refractivity contribution in [1.29, 1.82) is 0 Å². The normalized spacial score (nSPS) is 12.4. The average Bonchev–Trinajstić information content (AvgIpc) is 2.28. The molecule has 0 aromatic heterocycles. The number of allylic oxidation sites excluding steroid dienone is 1. The van der Waals surface area contributed by atoms with Crippen LogP contribution in [0.5, 0.6) is 0 Å². The Labute approximate surface area is 102 Å². The van der Waals surface area contributed by atoms with E-state index in [0.29, 0.717) is 5.92 Å². The van der Waals surface area contributed by atoms with Crippen molar-refractivity contribution in [2.24, 2.45) is 5.92 Å². The second-order valence-corrected chi connectivity index (χ2v) is 4.59. The molecule has 1 unspecified atom stereocenters. The maximum Gasteiger partial charge on any atom is 0.0918 e. The molecular formula is C15H30O. The van der Waals surface area contributed by atoms with Crippen molar-refractivity contribution >= 4 is 0 Å². The summed E-state index contributed by atoms with van der Waals surface area (Å²) in [5.41, 5.74) is 0. The molecule has 96 valence electrons. The van der Waals surface area contributed by atoms with Gasteiger partial charge in [-0.2, -0.15) is 0 Å². The first-order chi connectivity index (χ1) is 7.76. The molecule has 16 heavy (non-hydrogen) atoms. The molecule has 0 bridgehead atoms. The van der Waals surface area contributed by atoms with Crippen LogP contribution in [0.3, 0.4) is 0 Å². The molecule has 0 N–H and O–H groups in total. The van der Waals surface area contributed by atoms with Gasteiger partial charge in [0.25, 0.3) is 0 Å². The summed E-state index contributed by atoms with van der Waals surface area (Å²) in [5, 5.41) is 0. The van der Waals surface area contributed by atoms with Crippen LogP contribution in [0.4, 0.5) is 0 Å². The van der Waals surface area contributed by atoms with Crippen molar-refractivity contribution in [2.45, 2.75) is 72.1 Å². The van der Waals surface area contributed by atoms with Crippen LogP contribution >= 0.6 is 0 Å². The lowest BCUT2D eigenvalue weighted by Crippen LogP contribution is -2.07. The lowest BCUT2D eigenvalue weighted by atomic mass is 9.94. The lowest BCUT2D eigenvalue weighted by molar-refractivity contribution is 0.181. The highest BCUT2D eigenvalue weighted by Gasteiger charge is 2.12. The van der Waals surface area contributed by atoms with E-state index in [1.165, 1.54) is 51.4 Å². The average molecular weight is 226 g/mol. The van der Waals surface area contributed by atoms with Crippen molar-refractivity contribution < 1.29 is 4.74 Å². The van der Waals surface area contributed by atoms with Gasteiger partial charge in [-0.25, -0.2) is 0 Å². The molecule has 0 radical (unpaired) electrons. The fourth-order valence-electron chi connectivity index (χ4n) is 2.04. The quantitative estimate of drug-likeness (QED) is 0.342. The van der Waals surface area contributed by atoms with E-state index in [1.54, 1.807) is 0 Å². The Kier molecular flexibility index (Phi) is 10.7. The van der Waals surface area contributed by atoms with E-state index in [1.807, 2.05) is 6.92 Å². The van der Waals surface area contributed by atoms with Crippen LogP contribution in [0.1, 0.15) is 72.1 Å². The molecule has 0 fully saturated rings. The maximum atomic E-state index is 5.56. The Bertz CT molecular complexity index is 163. The molecule has 0 aliphatic rings. The highest BCUT2D eigenvalue weighted by atomic mass is 16.5. The molecule has 0 amide bonds. The van der Waals surface area contributed by atoms with Gasteiger partial charge in [0.05, 0.1) is 12.4 Å². The largest absolute Gasteiger partial charge is 0.499 e. The van der Waals surface area contributed by atoms with E-state index in [0.717, 1.165) is 12.4 Å². The van der Waals surface area contributed by atoms with Crippen LogP contribution in [-0.2, 0) is 4.74 Å². The molecule has 1 nitrogen and oxygen atoms in total. The summed E-state index contributed by atoms with van der Waals surface area (Å²) in [6.45, 7) is 11.4. The lowest BCUT2D eigenvalue weighted by Gasteiger charge is -2.19. The van der Waals surface area contributed by atoms with Crippen molar-refractivity contribution in [1.82, 2.24) is 0 Å². The number of rotatable bonds is 11. The fraction of sp³-hybridized carbons (Fsp3) is 0.867. The summed E-state index contributed by atoms with van der Waals surface area (Å²) in [4.78, 5) is 0. The van der Waals surface area contributed by atoms with Gasteiger partial charge in [-0.1, -0.05) is 59.0 Å². The van der Waals surface area contributed by atoms with Crippen LogP contribution in [0.2, 0.25) is 0 Å². The number of unbranched alkanes of at least 4 members (excludes halogenated alkanes) is 4. The smallest absolute Gasteiger partial charge is 0.0918 e. The summed E-state index contributed by atoms with van der Waals surface area (Å²) >= 11 is 0. The minimum absolute atomic E-state index is 0.594. The monoisotopic (exact) mass is 226 g/mol. The summed E-state index contributed by atoms with van der Waals surface area (Å²) in [6.07, 6.45) is 10.4. The molecule has 0 spiro atoms. The van der Waals surface area contributed by atoms with Crippen LogP contribution in [0.15, 0.2) is 12.3 Å². The van der Waals surface area contributed by atoms with Gasteiger partial charge in [0, 0.05) is 5.92 Å². The summed E-state index contributed by atoms with van der Waals surface area (Å²) in [5.74, 6) is 1.62. The third-order valence-electron chi connectivity index (χ3n) is 3.10. The van der Waals surface area contributed by atoms with Crippen molar-refractivity contribution in [2.75, 3.05) is 6.61 Å². The Hall–Kier alpha value is -0.460. The van der Waals surface area contributed by atoms with E-state index in [-0.39, 0.29) is 0 Å². The van der Waals surface area contributed by atoms with Gasteiger partial charge in [0.1, 0.15) is 0 Å². The summed E-state index contributed by atoms with van der Waals surface area (Å²) in [7, 11) is 0. The van der Waals surface area contributed by atoms with E-state index in [2.05, 4.69) is 20.4 Å². The Morgan fingerprint density at radius 1 is 0.938 bits per heavy atom. The first-order valence-corrected chi connectivity index (χ1v) is 7.07. The zero-order valence-electron chi connectivity index (χ0n) is 11.6. The van der Waals surface area contributed by atoms with Gasteiger partial charge in [-0.05, 0) is 19.8 Å². The van der Waals surface area contributed by atoms with E-state index >= 15 is 0 Å². The second-order valence-electron chi connectivity index (χ2n) is 4.59. The topological polar surface area (TPSA) is 9.23 Å². The molecule has 1 heteroatoms. The predicted molar refractivity (Wildman–Crippen MR) is 72.5 cm³/mol. The van der Waals surface area contributed by atoms with Crippen LogP contribution in [-0.4, -0.2) is 6.61 Å². The highest BCUT2D eigenvalue weighted by Crippen LogP contribution is 2.24. The summed E-state index contributed by atoms with van der Waals surface area (Å²) < 4.78 is 5.56. The summed E-state index contributed by atoms with van der Waals surface area (Å²) in [6, 6.07) is 0. The fourth-order valence-corrected chi connectivity index (χ4v) is 2.04. The van der Waals surface area contributed by atoms with Crippen LogP contribution < -0.4 is 0 Å². The first-order valence-electron chi connectivity index (χ1n) is 7.07. The Morgan fingerprint density at radius 3 is 2.12 bits per heavy atom.